The molecular weight excluding hydrogens is 412 g/mol. The lowest BCUT2D eigenvalue weighted by atomic mass is 9.84. The second-order valence-corrected chi connectivity index (χ2v) is 9.33. The van der Waals surface area contributed by atoms with Gasteiger partial charge < -0.3 is 14.7 Å². The van der Waals surface area contributed by atoms with Crippen molar-refractivity contribution in [2.75, 3.05) is 19.6 Å². The largest absolute Gasteiger partial charge is 0.349 e. The highest BCUT2D eigenvalue weighted by molar-refractivity contribution is 5.79. The minimum Gasteiger partial charge on any atom is -0.349 e. The molecule has 0 spiro atoms. The standard InChI is InChI=1S/C27H32N4O2/c32-26(22-12-7-13-22)28-24(20-8-3-1-4-9-20)16-19-31-17-14-21(15-18-31)25-29-27(33-30-25)23-10-5-2-6-11-23/h1-6,8-11,21-22,24H,7,12-19H2,(H,28,32). The van der Waals surface area contributed by atoms with Crippen molar-refractivity contribution in [3.63, 3.8) is 0 Å². The molecule has 1 unspecified atom stereocenters. The van der Waals surface area contributed by atoms with Crippen LogP contribution in [0.2, 0.25) is 0 Å². The first-order chi connectivity index (χ1) is 16.3. The lowest BCUT2D eigenvalue weighted by Gasteiger charge is -2.32. The van der Waals surface area contributed by atoms with Crippen LogP contribution in [0.15, 0.2) is 65.2 Å². The quantitative estimate of drug-likeness (QED) is 0.531. The number of piperidine rings is 1. The number of amides is 1. The van der Waals surface area contributed by atoms with Crippen molar-refractivity contribution in [1.82, 2.24) is 20.4 Å². The summed E-state index contributed by atoms with van der Waals surface area (Å²) in [6.45, 7) is 2.99. The van der Waals surface area contributed by atoms with Gasteiger partial charge in [0.15, 0.2) is 5.82 Å². The topological polar surface area (TPSA) is 71.3 Å². The number of hydrogen-bond acceptors (Lipinski definition) is 5. The Morgan fingerprint density at radius 2 is 1.70 bits per heavy atom. The predicted molar refractivity (Wildman–Crippen MR) is 127 cm³/mol. The molecule has 2 heterocycles. The van der Waals surface area contributed by atoms with Crippen molar-refractivity contribution in [1.29, 1.82) is 0 Å². The maximum atomic E-state index is 12.6. The van der Waals surface area contributed by atoms with E-state index in [0.29, 0.717) is 11.8 Å². The summed E-state index contributed by atoms with van der Waals surface area (Å²) in [6.07, 6.45) is 6.21. The van der Waals surface area contributed by atoms with Crippen LogP contribution in [0.4, 0.5) is 0 Å². The predicted octanol–water partition coefficient (Wildman–Crippen LogP) is 4.96. The number of aromatic nitrogens is 2. The van der Waals surface area contributed by atoms with Crippen molar-refractivity contribution >= 4 is 5.91 Å². The lowest BCUT2D eigenvalue weighted by molar-refractivity contribution is -0.128. The second-order valence-electron chi connectivity index (χ2n) is 9.33. The molecule has 2 aromatic carbocycles. The highest BCUT2D eigenvalue weighted by Gasteiger charge is 2.29. The van der Waals surface area contributed by atoms with Gasteiger partial charge in [-0.1, -0.05) is 60.1 Å². The Hall–Kier alpha value is -2.99. The van der Waals surface area contributed by atoms with Gasteiger partial charge in [-0.25, -0.2) is 0 Å². The number of nitrogens with one attached hydrogen (secondary N) is 1. The molecule has 1 amide bonds. The zero-order valence-electron chi connectivity index (χ0n) is 19.0. The maximum absolute atomic E-state index is 12.6. The first-order valence-corrected chi connectivity index (χ1v) is 12.2. The molecular formula is C27H32N4O2. The van der Waals surface area contributed by atoms with Gasteiger partial charge in [-0.3, -0.25) is 4.79 Å². The van der Waals surface area contributed by atoms with E-state index in [9.17, 15) is 4.79 Å². The first-order valence-electron chi connectivity index (χ1n) is 12.2. The maximum Gasteiger partial charge on any atom is 0.257 e. The number of carbonyl (C=O) groups is 1. The molecule has 2 aliphatic rings. The van der Waals surface area contributed by atoms with Gasteiger partial charge >= 0.3 is 0 Å². The van der Waals surface area contributed by atoms with Crippen LogP contribution in [0.25, 0.3) is 11.5 Å². The average molecular weight is 445 g/mol. The summed E-state index contributed by atoms with van der Waals surface area (Å²) < 4.78 is 5.51. The van der Waals surface area contributed by atoms with Gasteiger partial charge in [0.1, 0.15) is 0 Å². The number of nitrogens with zero attached hydrogens (tertiary/aromatic N) is 3. The Morgan fingerprint density at radius 3 is 2.36 bits per heavy atom. The van der Waals surface area contributed by atoms with Crippen molar-refractivity contribution in [3.05, 3.63) is 72.1 Å². The first kappa shape index (κ1) is 21.8. The molecule has 1 N–H and O–H groups in total. The number of likely N-dealkylation sites (tertiary alicyclic amines) is 1. The second kappa shape index (κ2) is 10.3. The normalized spacial score (nSPS) is 18.5. The van der Waals surface area contributed by atoms with E-state index < -0.39 is 0 Å². The summed E-state index contributed by atoms with van der Waals surface area (Å²) in [4.78, 5) is 19.8. The van der Waals surface area contributed by atoms with Crippen LogP contribution in [0.3, 0.4) is 0 Å². The van der Waals surface area contributed by atoms with Crippen molar-refractivity contribution in [2.24, 2.45) is 5.92 Å². The molecule has 1 aliphatic heterocycles. The van der Waals surface area contributed by atoms with Crippen molar-refractivity contribution < 1.29 is 9.32 Å². The van der Waals surface area contributed by atoms with Crippen LogP contribution in [-0.4, -0.2) is 40.6 Å². The van der Waals surface area contributed by atoms with Crippen LogP contribution in [0, 0.1) is 5.92 Å². The van der Waals surface area contributed by atoms with Crippen LogP contribution >= 0.6 is 0 Å². The Bertz CT molecular complexity index is 1020. The van der Waals surface area contributed by atoms with Gasteiger partial charge in [0.25, 0.3) is 5.89 Å². The number of hydrogen-bond donors (Lipinski definition) is 1. The van der Waals surface area contributed by atoms with Crippen LogP contribution in [-0.2, 0) is 4.79 Å². The fourth-order valence-corrected chi connectivity index (χ4v) is 4.79. The van der Waals surface area contributed by atoms with E-state index in [1.54, 1.807) is 0 Å². The molecule has 0 radical (unpaired) electrons. The number of carbonyl (C=O) groups excluding carboxylic acids is 1. The molecule has 2 fully saturated rings. The third-order valence-electron chi connectivity index (χ3n) is 7.14. The van der Waals surface area contributed by atoms with E-state index in [0.717, 1.165) is 63.1 Å². The minimum absolute atomic E-state index is 0.0719. The Balaban J connectivity index is 1.14. The van der Waals surface area contributed by atoms with Crippen molar-refractivity contribution in [3.8, 4) is 11.5 Å². The smallest absolute Gasteiger partial charge is 0.257 e. The number of benzene rings is 2. The molecule has 1 saturated heterocycles. The molecule has 0 bridgehead atoms. The van der Waals surface area contributed by atoms with Crippen molar-refractivity contribution in [2.45, 2.75) is 50.5 Å². The van der Waals surface area contributed by atoms with E-state index in [1.807, 2.05) is 36.4 Å². The fourth-order valence-electron chi connectivity index (χ4n) is 4.79. The van der Waals surface area contributed by atoms with Gasteiger partial charge in [-0.2, -0.15) is 4.98 Å². The van der Waals surface area contributed by atoms with E-state index in [1.165, 1.54) is 12.0 Å². The van der Waals surface area contributed by atoms with Gasteiger partial charge in [-0.15, -0.1) is 0 Å². The number of rotatable bonds is 8. The lowest BCUT2D eigenvalue weighted by Crippen LogP contribution is -2.39. The average Bonchev–Trinajstić information content (AvgIpc) is 3.32. The molecule has 5 rings (SSSR count). The van der Waals surface area contributed by atoms with Crippen LogP contribution in [0.1, 0.15) is 61.9 Å². The van der Waals surface area contributed by atoms with Gasteiger partial charge in [-0.05, 0) is 62.9 Å². The monoisotopic (exact) mass is 444 g/mol. The zero-order chi connectivity index (χ0) is 22.5. The highest BCUT2D eigenvalue weighted by Crippen LogP contribution is 2.30. The van der Waals surface area contributed by atoms with E-state index in [2.05, 4.69) is 44.6 Å². The van der Waals surface area contributed by atoms with Gasteiger partial charge in [0.2, 0.25) is 5.91 Å². The minimum atomic E-state index is 0.0719. The van der Waals surface area contributed by atoms with Crippen LogP contribution < -0.4 is 5.32 Å². The third-order valence-corrected chi connectivity index (χ3v) is 7.14. The molecule has 3 aromatic rings. The van der Waals surface area contributed by atoms with E-state index >= 15 is 0 Å². The summed E-state index contributed by atoms with van der Waals surface area (Å²) in [7, 11) is 0. The summed E-state index contributed by atoms with van der Waals surface area (Å²) in [6, 6.07) is 20.4. The Kier molecular flexibility index (Phi) is 6.81. The SMILES string of the molecule is O=C(NC(CCN1CCC(c2noc(-c3ccccc3)n2)CC1)c1ccccc1)C1CCC1. The molecule has 1 aliphatic carbocycles. The molecule has 1 aromatic heterocycles. The summed E-state index contributed by atoms with van der Waals surface area (Å²) in [5.41, 5.74) is 2.16. The molecule has 1 atom stereocenters. The Morgan fingerprint density at radius 1 is 1.00 bits per heavy atom. The van der Waals surface area contributed by atoms with Gasteiger partial charge in [0, 0.05) is 23.9 Å². The Labute approximate surface area is 195 Å². The molecule has 33 heavy (non-hydrogen) atoms. The third kappa shape index (κ3) is 5.33. The molecule has 1 saturated carbocycles. The zero-order valence-corrected chi connectivity index (χ0v) is 19.0. The summed E-state index contributed by atoms with van der Waals surface area (Å²) in [5, 5.41) is 7.60. The van der Waals surface area contributed by atoms with Crippen LogP contribution in [0.5, 0.6) is 0 Å². The van der Waals surface area contributed by atoms with E-state index in [4.69, 9.17) is 4.52 Å². The summed E-state index contributed by atoms with van der Waals surface area (Å²) >= 11 is 0. The van der Waals surface area contributed by atoms with Gasteiger partial charge in [0.05, 0.1) is 6.04 Å². The highest BCUT2D eigenvalue weighted by atomic mass is 16.5. The fraction of sp³-hybridized carbons (Fsp3) is 0.444. The van der Waals surface area contributed by atoms with E-state index in [-0.39, 0.29) is 17.9 Å². The molecule has 6 heteroatoms. The molecule has 172 valence electrons. The molecule has 6 nitrogen and oxygen atoms in total. The summed E-state index contributed by atoms with van der Waals surface area (Å²) in [5.74, 6) is 2.19.